The molecule has 4 aromatic rings. The Bertz CT molecular complexity index is 1100. The second-order valence-corrected chi connectivity index (χ2v) is 6.54. The zero-order valence-electron chi connectivity index (χ0n) is 16.1. The number of furan rings is 1. The topological polar surface area (TPSA) is 60.7 Å². The van der Waals surface area contributed by atoms with Crippen molar-refractivity contribution >= 4 is 16.9 Å². The molecule has 29 heavy (non-hydrogen) atoms. The summed E-state index contributed by atoms with van der Waals surface area (Å²) in [6.45, 7) is 0.630. The van der Waals surface area contributed by atoms with Gasteiger partial charge in [-0.05, 0) is 35.9 Å². The fraction of sp³-hybridized carbons (Fsp3) is 0.125. The monoisotopic (exact) mass is 387 g/mol. The summed E-state index contributed by atoms with van der Waals surface area (Å²) in [5.41, 5.74) is 2.36. The van der Waals surface area contributed by atoms with Crippen LogP contribution in [0.4, 0.5) is 0 Å². The van der Waals surface area contributed by atoms with Crippen molar-refractivity contribution in [3.05, 3.63) is 95.7 Å². The van der Waals surface area contributed by atoms with Crippen LogP contribution in [0.5, 0.6) is 11.5 Å². The number of nitrogens with one attached hydrogen (secondary N) is 1. The van der Waals surface area contributed by atoms with Crippen molar-refractivity contribution in [3.8, 4) is 11.5 Å². The van der Waals surface area contributed by atoms with E-state index in [0.29, 0.717) is 12.1 Å². The summed E-state index contributed by atoms with van der Waals surface area (Å²) < 4.78 is 16.9. The lowest BCUT2D eigenvalue weighted by molar-refractivity contribution is 0.0922. The highest BCUT2D eigenvalue weighted by atomic mass is 16.5. The SMILES string of the molecule is COc1ccc(CNC(=O)c2oc3ccccc3c2COc2ccccc2)cc1. The number of para-hydroxylation sites is 2. The molecule has 1 N–H and O–H groups in total. The molecule has 0 aliphatic heterocycles. The molecule has 0 atom stereocenters. The van der Waals surface area contributed by atoms with Gasteiger partial charge in [-0.3, -0.25) is 4.79 Å². The van der Waals surface area contributed by atoms with Crippen LogP contribution in [-0.2, 0) is 13.2 Å². The fourth-order valence-electron chi connectivity index (χ4n) is 3.10. The van der Waals surface area contributed by atoms with E-state index < -0.39 is 0 Å². The number of carbonyl (C=O) groups is 1. The van der Waals surface area contributed by atoms with E-state index in [1.165, 1.54) is 0 Å². The van der Waals surface area contributed by atoms with Crippen molar-refractivity contribution in [1.29, 1.82) is 0 Å². The van der Waals surface area contributed by atoms with Crippen LogP contribution in [0.3, 0.4) is 0 Å². The van der Waals surface area contributed by atoms with E-state index in [1.807, 2.05) is 78.9 Å². The highest BCUT2D eigenvalue weighted by Gasteiger charge is 2.21. The number of fused-ring (bicyclic) bond motifs is 1. The Hall–Kier alpha value is -3.73. The van der Waals surface area contributed by atoms with E-state index in [9.17, 15) is 4.79 Å². The normalized spacial score (nSPS) is 10.7. The summed E-state index contributed by atoms with van der Waals surface area (Å²) in [7, 11) is 1.62. The average Bonchev–Trinajstić information content (AvgIpc) is 3.16. The highest BCUT2D eigenvalue weighted by Crippen LogP contribution is 2.27. The molecule has 0 unspecified atom stereocenters. The van der Waals surface area contributed by atoms with Crippen molar-refractivity contribution in [3.63, 3.8) is 0 Å². The molecule has 5 nitrogen and oxygen atoms in total. The van der Waals surface area contributed by atoms with Crippen LogP contribution in [0.15, 0.2) is 83.3 Å². The zero-order chi connectivity index (χ0) is 20.1. The van der Waals surface area contributed by atoms with Gasteiger partial charge in [0.15, 0.2) is 5.76 Å². The molecule has 0 fully saturated rings. The number of hydrogen-bond donors (Lipinski definition) is 1. The summed E-state index contributed by atoms with van der Waals surface area (Å²) in [4.78, 5) is 12.9. The molecule has 3 aromatic carbocycles. The van der Waals surface area contributed by atoms with Gasteiger partial charge in [-0.1, -0.05) is 48.5 Å². The molecule has 1 aromatic heterocycles. The van der Waals surface area contributed by atoms with Crippen molar-refractivity contribution in [2.24, 2.45) is 0 Å². The van der Waals surface area contributed by atoms with Crippen LogP contribution in [0, 0.1) is 0 Å². The Kier molecular flexibility index (Phi) is 5.47. The number of rotatable bonds is 7. The smallest absolute Gasteiger partial charge is 0.287 e. The lowest BCUT2D eigenvalue weighted by Gasteiger charge is -2.08. The summed E-state index contributed by atoms with van der Waals surface area (Å²) in [5.74, 6) is 1.51. The van der Waals surface area contributed by atoms with Gasteiger partial charge in [0.25, 0.3) is 5.91 Å². The van der Waals surface area contributed by atoms with Crippen LogP contribution in [-0.4, -0.2) is 13.0 Å². The maximum Gasteiger partial charge on any atom is 0.287 e. The Morgan fingerprint density at radius 2 is 1.62 bits per heavy atom. The second kappa shape index (κ2) is 8.52. The van der Waals surface area contributed by atoms with Gasteiger partial charge in [-0.2, -0.15) is 0 Å². The summed E-state index contributed by atoms with van der Waals surface area (Å²) in [5, 5.41) is 3.80. The predicted octanol–water partition coefficient (Wildman–Crippen LogP) is 4.95. The van der Waals surface area contributed by atoms with Gasteiger partial charge < -0.3 is 19.2 Å². The molecular weight excluding hydrogens is 366 g/mol. The molecule has 0 aliphatic rings. The number of ether oxygens (including phenoxy) is 2. The molecule has 0 aliphatic carbocycles. The van der Waals surface area contributed by atoms with E-state index in [1.54, 1.807) is 7.11 Å². The molecule has 4 rings (SSSR count). The van der Waals surface area contributed by atoms with E-state index in [0.717, 1.165) is 28.0 Å². The Morgan fingerprint density at radius 3 is 2.38 bits per heavy atom. The van der Waals surface area contributed by atoms with Crippen molar-refractivity contribution in [2.45, 2.75) is 13.2 Å². The van der Waals surface area contributed by atoms with Crippen LogP contribution >= 0.6 is 0 Å². The maximum atomic E-state index is 12.9. The number of hydrogen-bond acceptors (Lipinski definition) is 4. The maximum absolute atomic E-state index is 12.9. The molecular formula is C24H21NO4. The molecule has 1 amide bonds. The standard InChI is InChI=1S/C24H21NO4/c1-27-18-13-11-17(12-14-18)15-25-24(26)23-21(16-28-19-7-3-2-4-8-19)20-9-5-6-10-22(20)29-23/h2-14H,15-16H2,1H3,(H,25,26). The Balaban J connectivity index is 1.54. The zero-order valence-corrected chi connectivity index (χ0v) is 16.1. The largest absolute Gasteiger partial charge is 0.497 e. The predicted molar refractivity (Wildman–Crippen MR) is 111 cm³/mol. The summed E-state index contributed by atoms with van der Waals surface area (Å²) in [6, 6.07) is 24.6. The molecule has 0 radical (unpaired) electrons. The first-order chi connectivity index (χ1) is 14.2. The Labute approximate surface area is 168 Å². The third-order valence-corrected chi connectivity index (χ3v) is 4.64. The van der Waals surface area contributed by atoms with Gasteiger partial charge in [-0.25, -0.2) is 0 Å². The van der Waals surface area contributed by atoms with E-state index in [2.05, 4.69) is 5.32 Å². The lowest BCUT2D eigenvalue weighted by atomic mass is 10.1. The quantitative estimate of drug-likeness (QED) is 0.487. The minimum atomic E-state index is -0.274. The van der Waals surface area contributed by atoms with E-state index in [4.69, 9.17) is 13.9 Å². The Morgan fingerprint density at radius 1 is 0.897 bits per heavy atom. The molecule has 0 bridgehead atoms. The van der Waals surface area contributed by atoms with Crippen molar-refractivity contribution in [1.82, 2.24) is 5.32 Å². The fourth-order valence-corrected chi connectivity index (χ4v) is 3.10. The van der Waals surface area contributed by atoms with Crippen molar-refractivity contribution < 1.29 is 18.7 Å². The molecule has 0 saturated carbocycles. The van der Waals surface area contributed by atoms with Crippen LogP contribution in [0.1, 0.15) is 21.7 Å². The lowest BCUT2D eigenvalue weighted by Crippen LogP contribution is -2.23. The van der Waals surface area contributed by atoms with Crippen LogP contribution in [0.25, 0.3) is 11.0 Å². The van der Waals surface area contributed by atoms with E-state index in [-0.39, 0.29) is 18.3 Å². The summed E-state index contributed by atoms with van der Waals surface area (Å²) in [6.07, 6.45) is 0. The first-order valence-electron chi connectivity index (χ1n) is 9.34. The van der Waals surface area contributed by atoms with Gasteiger partial charge in [0.05, 0.1) is 7.11 Å². The molecule has 5 heteroatoms. The number of carbonyl (C=O) groups excluding carboxylic acids is 1. The van der Waals surface area contributed by atoms with Gasteiger partial charge in [0.1, 0.15) is 23.7 Å². The number of benzene rings is 3. The van der Waals surface area contributed by atoms with E-state index >= 15 is 0 Å². The first kappa shape index (κ1) is 18.6. The van der Waals surface area contributed by atoms with Crippen LogP contribution in [0.2, 0.25) is 0 Å². The molecule has 1 heterocycles. The first-order valence-corrected chi connectivity index (χ1v) is 9.34. The molecule has 0 spiro atoms. The van der Waals surface area contributed by atoms with Crippen molar-refractivity contribution in [2.75, 3.05) is 7.11 Å². The summed E-state index contributed by atoms with van der Waals surface area (Å²) >= 11 is 0. The van der Waals surface area contributed by atoms with Gasteiger partial charge in [0, 0.05) is 17.5 Å². The number of amides is 1. The minimum Gasteiger partial charge on any atom is -0.497 e. The second-order valence-electron chi connectivity index (χ2n) is 6.54. The van der Waals surface area contributed by atoms with Crippen LogP contribution < -0.4 is 14.8 Å². The van der Waals surface area contributed by atoms with Gasteiger partial charge in [0.2, 0.25) is 0 Å². The highest BCUT2D eigenvalue weighted by molar-refractivity contribution is 5.99. The van der Waals surface area contributed by atoms with Gasteiger partial charge in [-0.15, -0.1) is 0 Å². The average molecular weight is 387 g/mol. The number of methoxy groups -OCH3 is 1. The third kappa shape index (κ3) is 4.24. The van der Waals surface area contributed by atoms with Gasteiger partial charge >= 0.3 is 0 Å². The third-order valence-electron chi connectivity index (χ3n) is 4.64. The molecule has 146 valence electrons. The minimum absolute atomic E-state index is 0.242. The molecule has 0 saturated heterocycles.